The number of benzene rings is 1. The zero-order valence-corrected chi connectivity index (χ0v) is 14.3. The Morgan fingerprint density at radius 3 is 2.12 bits per heavy atom. The van der Waals surface area contributed by atoms with Crippen LogP contribution in [0.15, 0.2) is 18.2 Å². The molecular formula is C17H23N3O4. The lowest BCUT2D eigenvalue weighted by molar-refractivity contribution is -0.144. The molecule has 0 atom stereocenters. The number of amides is 3. The lowest BCUT2D eigenvalue weighted by Gasteiger charge is -2.33. The van der Waals surface area contributed by atoms with Gasteiger partial charge in [-0.2, -0.15) is 0 Å². The van der Waals surface area contributed by atoms with Gasteiger partial charge in [-0.25, -0.2) is 4.79 Å². The van der Waals surface area contributed by atoms with E-state index >= 15 is 0 Å². The number of piperazine rings is 1. The second-order valence-electron chi connectivity index (χ2n) is 5.70. The molecule has 7 heteroatoms. The van der Waals surface area contributed by atoms with E-state index in [0.717, 1.165) is 11.1 Å². The Kier molecular flexibility index (Phi) is 5.78. The second kappa shape index (κ2) is 7.81. The first kappa shape index (κ1) is 17.8. The molecule has 0 unspecified atom stereocenters. The van der Waals surface area contributed by atoms with Gasteiger partial charge in [-0.15, -0.1) is 0 Å². The molecule has 0 bridgehead atoms. The number of nitrogens with zero attached hydrogens (tertiary/aromatic N) is 2. The summed E-state index contributed by atoms with van der Waals surface area (Å²) < 4.78 is 4.93. The van der Waals surface area contributed by atoms with Crippen molar-refractivity contribution in [3.05, 3.63) is 29.3 Å². The van der Waals surface area contributed by atoms with E-state index in [9.17, 15) is 14.4 Å². The number of carbonyl (C=O) groups excluding carboxylic acids is 3. The summed E-state index contributed by atoms with van der Waals surface area (Å²) in [5, 5.41) is 2.69. The van der Waals surface area contributed by atoms with Gasteiger partial charge in [0.05, 0.1) is 6.61 Å². The third kappa shape index (κ3) is 4.04. The predicted octanol–water partition coefficient (Wildman–Crippen LogP) is 1.54. The standard InChI is InChI=1S/C17H23N3O4/c1-4-24-17(23)20-10-8-19(9-11-20)16(22)15(21)18-14-12(2)6-5-7-13(14)3/h5-7H,4,8-11H2,1-3H3,(H,18,21). The Hall–Kier alpha value is -2.57. The van der Waals surface area contributed by atoms with Gasteiger partial charge >= 0.3 is 17.9 Å². The molecule has 1 N–H and O–H groups in total. The molecule has 1 aliphatic heterocycles. The second-order valence-corrected chi connectivity index (χ2v) is 5.70. The number of carbonyl (C=O) groups is 3. The van der Waals surface area contributed by atoms with Crippen LogP contribution in [-0.2, 0) is 14.3 Å². The highest BCUT2D eigenvalue weighted by molar-refractivity contribution is 6.39. The van der Waals surface area contributed by atoms with Gasteiger partial charge in [0.15, 0.2) is 0 Å². The van der Waals surface area contributed by atoms with Crippen molar-refractivity contribution in [3.8, 4) is 0 Å². The minimum absolute atomic E-state index is 0.316. The van der Waals surface area contributed by atoms with E-state index in [0.29, 0.717) is 38.5 Å². The summed E-state index contributed by atoms with van der Waals surface area (Å²) >= 11 is 0. The van der Waals surface area contributed by atoms with E-state index in [-0.39, 0.29) is 6.09 Å². The lowest BCUT2D eigenvalue weighted by atomic mass is 10.1. The summed E-state index contributed by atoms with van der Waals surface area (Å²) in [6.45, 7) is 7.18. The maximum absolute atomic E-state index is 12.3. The first-order valence-corrected chi connectivity index (χ1v) is 8.02. The summed E-state index contributed by atoms with van der Waals surface area (Å²) in [4.78, 5) is 39.2. The highest BCUT2D eigenvalue weighted by Crippen LogP contribution is 2.19. The molecule has 0 saturated carbocycles. The molecule has 1 aromatic rings. The third-order valence-corrected chi connectivity index (χ3v) is 4.01. The minimum Gasteiger partial charge on any atom is -0.450 e. The molecule has 1 aliphatic rings. The Balaban J connectivity index is 1.93. The fraction of sp³-hybridized carbons (Fsp3) is 0.471. The minimum atomic E-state index is -0.656. The maximum Gasteiger partial charge on any atom is 0.409 e. The molecule has 1 aromatic carbocycles. The Bertz CT molecular complexity index is 616. The smallest absolute Gasteiger partial charge is 0.409 e. The monoisotopic (exact) mass is 333 g/mol. The van der Waals surface area contributed by atoms with Crippen molar-refractivity contribution in [1.29, 1.82) is 0 Å². The van der Waals surface area contributed by atoms with Crippen molar-refractivity contribution >= 4 is 23.6 Å². The van der Waals surface area contributed by atoms with Gasteiger partial charge in [-0.05, 0) is 31.9 Å². The summed E-state index contributed by atoms with van der Waals surface area (Å²) in [5.41, 5.74) is 2.48. The van der Waals surface area contributed by atoms with E-state index < -0.39 is 11.8 Å². The van der Waals surface area contributed by atoms with Gasteiger partial charge < -0.3 is 19.9 Å². The number of ether oxygens (including phenoxy) is 1. The molecule has 0 radical (unpaired) electrons. The molecule has 2 rings (SSSR count). The van der Waals surface area contributed by atoms with Crippen LogP contribution in [0.3, 0.4) is 0 Å². The number of rotatable bonds is 2. The van der Waals surface area contributed by atoms with Crippen molar-refractivity contribution in [2.75, 3.05) is 38.1 Å². The topological polar surface area (TPSA) is 79.0 Å². The molecule has 0 aliphatic carbocycles. The molecular weight excluding hydrogens is 310 g/mol. The van der Waals surface area contributed by atoms with Crippen molar-refractivity contribution in [2.24, 2.45) is 0 Å². The quantitative estimate of drug-likeness (QED) is 0.833. The summed E-state index contributed by atoms with van der Waals surface area (Å²) in [6, 6.07) is 5.66. The van der Waals surface area contributed by atoms with Gasteiger partial charge in [0.2, 0.25) is 0 Å². The molecule has 7 nitrogen and oxygen atoms in total. The van der Waals surface area contributed by atoms with E-state index in [2.05, 4.69) is 5.32 Å². The van der Waals surface area contributed by atoms with Gasteiger partial charge in [0, 0.05) is 31.9 Å². The first-order chi connectivity index (χ1) is 11.4. The fourth-order valence-corrected chi connectivity index (χ4v) is 2.63. The maximum atomic E-state index is 12.3. The van der Waals surface area contributed by atoms with Crippen LogP contribution in [0.2, 0.25) is 0 Å². The van der Waals surface area contributed by atoms with Crippen LogP contribution in [0.25, 0.3) is 0 Å². The van der Waals surface area contributed by atoms with Crippen LogP contribution < -0.4 is 5.32 Å². The number of hydrogen-bond acceptors (Lipinski definition) is 4. The van der Waals surface area contributed by atoms with E-state index in [1.54, 1.807) is 6.92 Å². The van der Waals surface area contributed by atoms with E-state index in [4.69, 9.17) is 4.74 Å². The lowest BCUT2D eigenvalue weighted by Crippen LogP contribution is -2.53. The number of para-hydroxylation sites is 1. The zero-order chi connectivity index (χ0) is 17.7. The zero-order valence-electron chi connectivity index (χ0n) is 14.3. The molecule has 130 valence electrons. The highest BCUT2D eigenvalue weighted by atomic mass is 16.6. The SMILES string of the molecule is CCOC(=O)N1CCN(C(=O)C(=O)Nc2c(C)cccc2C)CC1. The molecule has 0 spiro atoms. The van der Waals surface area contributed by atoms with Crippen LogP contribution in [0.1, 0.15) is 18.1 Å². The summed E-state index contributed by atoms with van der Waals surface area (Å²) in [7, 11) is 0. The number of anilines is 1. The van der Waals surface area contributed by atoms with Gasteiger partial charge in [-0.1, -0.05) is 18.2 Å². The van der Waals surface area contributed by atoms with Crippen molar-refractivity contribution in [2.45, 2.75) is 20.8 Å². The predicted molar refractivity (Wildman–Crippen MR) is 89.7 cm³/mol. The molecule has 3 amide bonds. The van der Waals surface area contributed by atoms with Crippen LogP contribution in [0.5, 0.6) is 0 Å². The largest absolute Gasteiger partial charge is 0.450 e. The average molecular weight is 333 g/mol. The van der Waals surface area contributed by atoms with Crippen LogP contribution in [-0.4, -0.2) is 60.5 Å². The van der Waals surface area contributed by atoms with Crippen LogP contribution >= 0.6 is 0 Å². The highest BCUT2D eigenvalue weighted by Gasteiger charge is 2.28. The molecule has 0 aromatic heterocycles. The van der Waals surface area contributed by atoms with E-state index in [1.807, 2.05) is 32.0 Å². The Morgan fingerprint density at radius 1 is 1.04 bits per heavy atom. The van der Waals surface area contributed by atoms with E-state index in [1.165, 1.54) is 9.80 Å². The summed E-state index contributed by atoms with van der Waals surface area (Å²) in [5.74, 6) is -1.24. The molecule has 1 fully saturated rings. The molecule has 1 saturated heterocycles. The van der Waals surface area contributed by atoms with Crippen molar-refractivity contribution < 1.29 is 19.1 Å². The van der Waals surface area contributed by atoms with Crippen LogP contribution in [0.4, 0.5) is 10.5 Å². The Morgan fingerprint density at radius 2 is 1.58 bits per heavy atom. The van der Waals surface area contributed by atoms with Crippen molar-refractivity contribution in [3.63, 3.8) is 0 Å². The molecule has 1 heterocycles. The van der Waals surface area contributed by atoms with Gasteiger partial charge in [0.25, 0.3) is 0 Å². The fourth-order valence-electron chi connectivity index (χ4n) is 2.63. The third-order valence-electron chi connectivity index (χ3n) is 4.01. The van der Waals surface area contributed by atoms with Crippen LogP contribution in [0, 0.1) is 13.8 Å². The average Bonchev–Trinajstić information content (AvgIpc) is 2.58. The van der Waals surface area contributed by atoms with Gasteiger partial charge in [0.1, 0.15) is 0 Å². The summed E-state index contributed by atoms with van der Waals surface area (Å²) in [6.07, 6.45) is -0.385. The Labute approximate surface area is 141 Å². The number of hydrogen-bond donors (Lipinski definition) is 1. The number of nitrogens with one attached hydrogen (secondary N) is 1. The van der Waals surface area contributed by atoms with Gasteiger partial charge in [-0.3, -0.25) is 9.59 Å². The number of aryl methyl sites for hydroxylation is 2. The first-order valence-electron chi connectivity index (χ1n) is 8.02. The van der Waals surface area contributed by atoms with Crippen molar-refractivity contribution in [1.82, 2.24) is 9.80 Å². The normalized spacial score (nSPS) is 14.3. The molecule has 24 heavy (non-hydrogen) atoms.